The average Bonchev–Trinajstić information content (AvgIpc) is 2.73. The molecule has 4 heteroatoms. The molecule has 0 atom stereocenters. The highest BCUT2D eigenvalue weighted by Gasteiger charge is 2.01. The molecule has 0 aliphatic rings. The molecule has 2 N–H and O–H groups in total. The molecule has 0 radical (unpaired) electrons. The van der Waals surface area contributed by atoms with Gasteiger partial charge >= 0.3 is 0 Å². The maximum absolute atomic E-state index is 12.8. The Kier molecular flexibility index (Phi) is 2.67. The first kappa shape index (κ1) is 9.71. The van der Waals surface area contributed by atoms with Crippen molar-refractivity contribution in [3.8, 4) is 0 Å². The molecule has 0 bridgehead atoms. The molecule has 1 aromatic heterocycles. The molecule has 1 heterocycles. The van der Waals surface area contributed by atoms with E-state index in [0.29, 0.717) is 12.2 Å². The minimum atomic E-state index is -0.839. The zero-order chi connectivity index (χ0) is 10.7. The van der Waals surface area contributed by atoms with Gasteiger partial charge in [-0.05, 0) is 23.8 Å². The van der Waals surface area contributed by atoms with E-state index in [9.17, 15) is 8.78 Å². The molecule has 0 unspecified atom stereocenters. The van der Waals surface area contributed by atoms with E-state index < -0.39 is 11.6 Å². The first-order chi connectivity index (χ1) is 7.25. The lowest BCUT2D eigenvalue weighted by Gasteiger charge is -2.04. The van der Waals surface area contributed by atoms with Crippen molar-refractivity contribution in [1.82, 2.24) is 4.98 Å². The fourth-order valence-electron chi connectivity index (χ4n) is 1.28. The Labute approximate surface area is 85.9 Å². The second-order valence-corrected chi connectivity index (χ2v) is 3.20. The molecule has 2 nitrogen and oxygen atoms in total. The molecule has 2 aromatic rings. The van der Waals surface area contributed by atoms with Crippen LogP contribution in [-0.2, 0) is 6.54 Å². The van der Waals surface area contributed by atoms with Gasteiger partial charge in [0.25, 0.3) is 0 Å². The van der Waals surface area contributed by atoms with Gasteiger partial charge in [-0.1, -0.05) is 0 Å². The predicted octanol–water partition coefficient (Wildman–Crippen LogP) is 2.91. The number of H-pyrrole nitrogens is 1. The Balaban J connectivity index is 2.02. The van der Waals surface area contributed by atoms with Gasteiger partial charge in [-0.15, -0.1) is 0 Å². The van der Waals surface area contributed by atoms with Crippen molar-refractivity contribution >= 4 is 5.69 Å². The van der Waals surface area contributed by atoms with Gasteiger partial charge in [0, 0.05) is 30.7 Å². The molecular formula is C11H10F2N2. The van der Waals surface area contributed by atoms with Crippen LogP contribution >= 0.6 is 0 Å². The Morgan fingerprint density at radius 3 is 2.67 bits per heavy atom. The predicted molar refractivity (Wildman–Crippen MR) is 54.5 cm³/mol. The summed E-state index contributed by atoms with van der Waals surface area (Å²) in [6.45, 7) is 0.578. The molecule has 0 saturated carbocycles. The zero-order valence-electron chi connectivity index (χ0n) is 7.93. The van der Waals surface area contributed by atoms with Crippen molar-refractivity contribution in [2.45, 2.75) is 6.54 Å². The summed E-state index contributed by atoms with van der Waals surface area (Å²) >= 11 is 0. The van der Waals surface area contributed by atoms with Gasteiger partial charge < -0.3 is 10.3 Å². The molecule has 2 rings (SSSR count). The van der Waals surface area contributed by atoms with Crippen molar-refractivity contribution in [3.63, 3.8) is 0 Å². The summed E-state index contributed by atoms with van der Waals surface area (Å²) in [5.74, 6) is -1.67. The quantitative estimate of drug-likeness (QED) is 0.797. The van der Waals surface area contributed by atoms with E-state index in [0.717, 1.165) is 17.7 Å². The standard InChI is InChI=1S/C11H10F2N2/c12-10-2-1-9(5-11(10)13)15-7-8-3-4-14-6-8/h1-6,14-15H,7H2. The number of aromatic amines is 1. The van der Waals surface area contributed by atoms with Gasteiger partial charge in [0.05, 0.1) is 0 Å². The Bertz CT molecular complexity index is 438. The summed E-state index contributed by atoms with van der Waals surface area (Å²) in [6.07, 6.45) is 3.65. The molecule has 0 aliphatic heterocycles. The largest absolute Gasteiger partial charge is 0.381 e. The lowest BCUT2D eigenvalue weighted by molar-refractivity contribution is 0.509. The molecule has 0 amide bonds. The average molecular weight is 208 g/mol. The maximum Gasteiger partial charge on any atom is 0.160 e. The molecule has 15 heavy (non-hydrogen) atoms. The van der Waals surface area contributed by atoms with Crippen molar-refractivity contribution < 1.29 is 8.78 Å². The van der Waals surface area contributed by atoms with E-state index in [-0.39, 0.29) is 0 Å². The van der Waals surface area contributed by atoms with Crippen LogP contribution in [0.3, 0.4) is 0 Å². The van der Waals surface area contributed by atoms with Crippen molar-refractivity contribution in [1.29, 1.82) is 0 Å². The second-order valence-electron chi connectivity index (χ2n) is 3.20. The van der Waals surface area contributed by atoms with Crippen LogP contribution < -0.4 is 5.32 Å². The number of hydrogen-bond acceptors (Lipinski definition) is 1. The fraction of sp³-hybridized carbons (Fsp3) is 0.0909. The Hall–Kier alpha value is -1.84. The van der Waals surface area contributed by atoms with E-state index >= 15 is 0 Å². The third kappa shape index (κ3) is 2.34. The van der Waals surface area contributed by atoms with Gasteiger partial charge in [-0.25, -0.2) is 8.78 Å². The highest BCUT2D eigenvalue weighted by Crippen LogP contribution is 2.13. The molecule has 78 valence electrons. The third-order valence-electron chi connectivity index (χ3n) is 2.08. The van der Waals surface area contributed by atoms with E-state index in [1.807, 2.05) is 18.5 Å². The number of nitrogens with one attached hydrogen (secondary N) is 2. The lowest BCUT2D eigenvalue weighted by atomic mass is 10.2. The molecule has 0 fully saturated rings. The minimum absolute atomic E-state index is 0.565. The van der Waals surface area contributed by atoms with Crippen LogP contribution in [0.1, 0.15) is 5.56 Å². The van der Waals surface area contributed by atoms with Crippen LogP contribution in [0.5, 0.6) is 0 Å². The summed E-state index contributed by atoms with van der Waals surface area (Å²) in [6, 6.07) is 5.66. The van der Waals surface area contributed by atoms with Crippen LogP contribution in [0.15, 0.2) is 36.7 Å². The number of anilines is 1. The smallest absolute Gasteiger partial charge is 0.160 e. The van der Waals surface area contributed by atoms with Crippen molar-refractivity contribution in [2.75, 3.05) is 5.32 Å². The monoisotopic (exact) mass is 208 g/mol. The molecule has 1 aromatic carbocycles. The van der Waals surface area contributed by atoms with E-state index in [1.165, 1.54) is 6.07 Å². The number of hydrogen-bond donors (Lipinski definition) is 2. The van der Waals surface area contributed by atoms with Gasteiger partial charge in [0.2, 0.25) is 0 Å². The number of rotatable bonds is 3. The van der Waals surface area contributed by atoms with Crippen LogP contribution in [0.25, 0.3) is 0 Å². The van der Waals surface area contributed by atoms with E-state index in [4.69, 9.17) is 0 Å². The normalized spacial score (nSPS) is 10.3. The van der Waals surface area contributed by atoms with Crippen LogP contribution in [0, 0.1) is 11.6 Å². The van der Waals surface area contributed by atoms with Gasteiger partial charge in [-0.3, -0.25) is 0 Å². The van der Waals surface area contributed by atoms with Crippen LogP contribution in [0.2, 0.25) is 0 Å². The number of benzene rings is 1. The van der Waals surface area contributed by atoms with Gasteiger partial charge in [-0.2, -0.15) is 0 Å². The molecular weight excluding hydrogens is 198 g/mol. The van der Waals surface area contributed by atoms with Gasteiger partial charge in [0.15, 0.2) is 11.6 Å². The summed E-state index contributed by atoms with van der Waals surface area (Å²) < 4.78 is 25.4. The van der Waals surface area contributed by atoms with Crippen molar-refractivity contribution in [2.24, 2.45) is 0 Å². The highest BCUT2D eigenvalue weighted by molar-refractivity contribution is 5.43. The summed E-state index contributed by atoms with van der Waals surface area (Å²) in [7, 11) is 0. The fourth-order valence-corrected chi connectivity index (χ4v) is 1.28. The summed E-state index contributed by atoms with van der Waals surface area (Å²) in [5.41, 5.74) is 1.62. The summed E-state index contributed by atoms with van der Waals surface area (Å²) in [4.78, 5) is 2.91. The van der Waals surface area contributed by atoms with Crippen LogP contribution in [-0.4, -0.2) is 4.98 Å². The van der Waals surface area contributed by atoms with Crippen molar-refractivity contribution in [3.05, 3.63) is 53.9 Å². The first-order valence-corrected chi connectivity index (χ1v) is 4.56. The zero-order valence-corrected chi connectivity index (χ0v) is 7.93. The van der Waals surface area contributed by atoms with Gasteiger partial charge in [0.1, 0.15) is 0 Å². The third-order valence-corrected chi connectivity index (χ3v) is 2.08. The van der Waals surface area contributed by atoms with E-state index in [1.54, 1.807) is 0 Å². The van der Waals surface area contributed by atoms with E-state index in [2.05, 4.69) is 10.3 Å². The number of halogens is 2. The lowest BCUT2D eigenvalue weighted by Crippen LogP contribution is -1.99. The molecule has 0 aliphatic carbocycles. The Morgan fingerprint density at radius 2 is 2.00 bits per heavy atom. The van der Waals surface area contributed by atoms with Crippen LogP contribution in [0.4, 0.5) is 14.5 Å². The maximum atomic E-state index is 12.8. The first-order valence-electron chi connectivity index (χ1n) is 4.56. The number of aromatic nitrogens is 1. The minimum Gasteiger partial charge on any atom is -0.381 e. The summed E-state index contributed by atoms with van der Waals surface area (Å²) in [5, 5.41) is 2.99. The SMILES string of the molecule is Fc1ccc(NCc2cc[nH]c2)cc1F. The Morgan fingerprint density at radius 1 is 1.13 bits per heavy atom. The second kappa shape index (κ2) is 4.13. The molecule has 0 saturated heterocycles. The highest BCUT2D eigenvalue weighted by atomic mass is 19.2. The molecule has 0 spiro atoms. The topological polar surface area (TPSA) is 27.8 Å².